The molecule has 6 nitrogen and oxygen atoms in total. The first kappa shape index (κ1) is 74.6. The molecule has 0 amide bonds. The summed E-state index contributed by atoms with van der Waals surface area (Å²) in [4.78, 5) is 38.3. The van der Waals surface area contributed by atoms with Gasteiger partial charge in [0, 0.05) is 19.3 Å². The minimum absolute atomic E-state index is 0.0645. The van der Waals surface area contributed by atoms with Gasteiger partial charge in [-0.25, -0.2) is 0 Å². The molecule has 0 spiro atoms. The van der Waals surface area contributed by atoms with Crippen molar-refractivity contribution >= 4 is 17.9 Å². The van der Waals surface area contributed by atoms with Crippen LogP contribution in [0.1, 0.15) is 380 Å². The molecule has 0 saturated heterocycles. The Hall–Kier alpha value is -2.37. The predicted octanol–water partition coefficient (Wildman–Crippen LogP) is 23.6. The standard InChI is InChI=1S/C71H132O6/c1-4-7-10-13-16-19-22-25-27-28-29-30-31-32-33-34-35-36-37-38-39-40-41-42-43-44-45-47-49-52-55-58-61-64-70(73)76-67-68(66-75-69(72)63-60-57-54-51-48-24-21-18-15-12-9-6-3)77-71(74)65-62-59-56-53-50-46-26-23-20-17-14-11-8-5-2/h22,25,28-29,31-32,68H,4-21,23-24,26-27,30,33-67H2,1-3H3/b25-22-,29-28-,32-31-. The monoisotopic (exact) mass is 1080 g/mol. The third kappa shape index (κ3) is 64.3. The van der Waals surface area contributed by atoms with Crippen molar-refractivity contribution in [3.05, 3.63) is 36.5 Å². The van der Waals surface area contributed by atoms with Gasteiger partial charge in [0.1, 0.15) is 13.2 Å². The molecule has 0 fully saturated rings. The molecule has 0 aliphatic rings. The maximum atomic E-state index is 12.9. The van der Waals surface area contributed by atoms with Crippen LogP contribution < -0.4 is 0 Å². The molecule has 0 bridgehead atoms. The van der Waals surface area contributed by atoms with Gasteiger partial charge in [-0.15, -0.1) is 0 Å². The Bertz CT molecular complexity index is 1290. The predicted molar refractivity (Wildman–Crippen MR) is 335 cm³/mol. The topological polar surface area (TPSA) is 78.9 Å². The number of hydrogen-bond donors (Lipinski definition) is 0. The van der Waals surface area contributed by atoms with Crippen molar-refractivity contribution in [3.8, 4) is 0 Å². The first-order valence-corrected chi connectivity index (χ1v) is 34.5. The summed E-state index contributed by atoms with van der Waals surface area (Å²) < 4.78 is 16.9. The van der Waals surface area contributed by atoms with Gasteiger partial charge >= 0.3 is 17.9 Å². The van der Waals surface area contributed by atoms with E-state index in [-0.39, 0.29) is 31.1 Å². The van der Waals surface area contributed by atoms with Crippen molar-refractivity contribution < 1.29 is 28.6 Å². The summed E-state index contributed by atoms with van der Waals surface area (Å²) in [5.41, 5.74) is 0. The quantitative estimate of drug-likeness (QED) is 0.0261. The van der Waals surface area contributed by atoms with E-state index in [0.29, 0.717) is 19.3 Å². The molecule has 0 aromatic carbocycles. The van der Waals surface area contributed by atoms with Gasteiger partial charge in [-0.2, -0.15) is 0 Å². The van der Waals surface area contributed by atoms with E-state index >= 15 is 0 Å². The first-order chi connectivity index (χ1) is 38.0. The van der Waals surface area contributed by atoms with E-state index in [1.165, 1.54) is 270 Å². The molecular weight excluding hydrogens is 949 g/mol. The molecule has 0 heterocycles. The lowest BCUT2D eigenvalue weighted by atomic mass is 10.0. The number of rotatable bonds is 64. The Morgan fingerprint density at radius 2 is 0.468 bits per heavy atom. The second kappa shape index (κ2) is 66.1. The van der Waals surface area contributed by atoms with Gasteiger partial charge in [0.25, 0.3) is 0 Å². The third-order valence-corrected chi connectivity index (χ3v) is 15.6. The van der Waals surface area contributed by atoms with Gasteiger partial charge in [-0.3, -0.25) is 14.4 Å². The largest absolute Gasteiger partial charge is 0.462 e. The Balaban J connectivity index is 4.06. The Labute approximate surface area is 480 Å². The van der Waals surface area contributed by atoms with E-state index < -0.39 is 6.10 Å². The van der Waals surface area contributed by atoms with E-state index in [9.17, 15) is 14.4 Å². The number of carbonyl (C=O) groups is 3. The fourth-order valence-electron chi connectivity index (χ4n) is 10.5. The normalized spacial score (nSPS) is 12.2. The van der Waals surface area contributed by atoms with Crippen molar-refractivity contribution in [1.82, 2.24) is 0 Å². The number of carbonyl (C=O) groups excluding carboxylic acids is 3. The fraction of sp³-hybridized carbons (Fsp3) is 0.873. The lowest BCUT2D eigenvalue weighted by Gasteiger charge is -2.18. The first-order valence-electron chi connectivity index (χ1n) is 34.5. The van der Waals surface area contributed by atoms with E-state index in [1.807, 2.05) is 0 Å². The maximum Gasteiger partial charge on any atom is 0.306 e. The van der Waals surface area contributed by atoms with E-state index in [2.05, 4.69) is 57.2 Å². The molecule has 77 heavy (non-hydrogen) atoms. The summed E-state index contributed by atoms with van der Waals surface area (Å²) in [6.45, 7) is 6.69. The Kier molecular flexibility index (Phi) is 64.1. The van der Waals surface area contributed by atoms with Crippen LogP contribution in [-0.2, 0) is 28.6 Å². The van der Waals surface area contributed by atoms with Crippen molar-refractivity contribution in [3.63, 3.8) is 0 Å². The van der Waals surface area contributed by atoms with Crippen molar-refractivity contribution in [2.45, 2.75) is 386 Å². The number of allylic oxidation sites excluding steroid dienone is 6. The fourth-order valence-corrected chi connectivity index (χ4v) is 10.5. The number of hydrogen-bond acceptors (Lipinski definition) is 6. The summed E-state index contributed by atoms with van der Waals surface area (Å²) in [5, 5.41) is 0. The van der Waals surface area contributed by atoms with Gasteiger partial charge in [-0.1, -0.05) is 340 Å². The highest BCUT2D eigenvalue weighted by molar-refractivity contribution is 5.71. The molecule has 6 heteroatoms. The molecule has 0 N–H and O–H groups in total. The highest BCUT2D eigenvalue weighted by atomic mass is 16.6. The summed E-state index contributed by atoms with van der Waals surface area (Å²) in [6, 6.07) is 0. The zero-order chi connectivity index (χ0) is 55.7. The Morgan fingerprint density at radius 1 is 0.260 bits per heavy atom. The lowest BCUT2D eigenvalue weighted by Crippen LogP contribution is -2.30. The van der Waals surface area contributed by atoms with Crippen molar-refractivity contribution in [2.75, 3.05) is 13.2 Å². The van der Waals surface area contributed by atoms with Crippen molar-refractivity contribution in [1.29, 1.82) is 0 Å². The summed E-state index contributed by atoms with van der Waals surface area (Å²) in [5.74, 6) is -0.837. The zero-order valence-corrected chi connectivity index (χ0v) is 52.0. The van der Waals surface area contributed by atoms with Crippen LogP contribution in [-0.4, -0.2) is 37.2 Å². The van der Waals surface area contributed by atoms with Crippen molar-refractivity contribution in [2.24, 2.45) is 0 Å². The molecule has 0 aromatic heterocycles. The molecular formula is C71H132O6. The molecule has 0 rings (SSSR count). The van der Waals surface area contributed by atoms with Crippen LogP contribution in [0.25, 0.3) is 0 Å². The maximum absolute atomic E-state index is 12.9. The van der Waals surface area contributed by atoms with Gasteiger partial charge in [0.2, 0.25) is 0 Å². The molecule has 0 aliphatic carbocycles. The molecule has 0 aliphatic heterocycles. The third-order valence-electron chi connectivity index (χ3n) is 15.6. The molecule has 1 unspecified atom stereocenters. The van der Waals surface area contributed by atoms with Crippen LogP contribution >= 0.6 is 0 Å². The number of ether oxygens (including phenoxy) is 3. The van der Waals surface area contributed by atoms with Gasteiger partial charge < -0.3 is 14.2 Å². The van der Waals surface area contributed by atoms with Crippen LogP contribution in [0.4, 0.5) is 0 Å². The lowest BCUT2D eigenvalue weighted by molar-refractivity contribution is -0.167. The van der Waals surface area contributed by atoms with Gasteiger partial charge in [0.15, 0.2) is 6.10 Å². The zero-order valence-electron chi connectivity index (χ0n) is 52.0. The van der Waals surface area contributed by atoms with Crippen LogP contribution in [0.3, 0.4) is 0 Å². The highest BCUT2D eigenvalue weighted by Gasteiger charge is 2.19. The number of esters is 3. The minimum atomic E-state index is -0.766. The molecule has 1 atom stereocenters. The van der Waals surface area contributed by atoms with E-state index in [0.717, 1.165) is 70.6 Å². The second-order valence-electron chi connectivity index (χ2n) is 23.5. The Morgan fingerprint density at radius 3 is 0.727 bits per heavy atom. The summed E-state index contributed by atoms with van der Waals surface area (Å²) >= 11 is 0. The molecule has 452 valence electrons. The van der Waals surface area contributed by atoms with E-state index in [4.69, 9.17) is 14.2 Å². The summed E-state index contributed by atoms with van der Waals surface area (Å²) in [7, 11) is 0. The summed E-state index contributed by atoms with van der Waals surface area (Å²) in [6.07, 6.45) is 81.8. The molecule has 0 saturated carbocycles. The molecule has 0 radical (unpaired) electrons. The molecule has 0 aromatic rings. The minimum Gasteiger partial charge on any atom is -0.462 e. The van der Waals surface area contributed by atoms with Crippen LogP contribution in [0.5, 0.6) is 0 Å². The van der Waals surface area contributed by atoms with Crippen LogP contribution in [0.15, 0.2) is 36.5 Å². The van der Waals surface area contributed by atoms with Crippen LogP contribution in [0, 0.1) is 0 Å². The van der Waals surface area contributed by atoms with Gasteiger partial charge in [0.05, 0.1) is 0 Å². The highest BCUT2D eigenvalue weighted by Crippen LogP contribution is 2.18. The second-order valence-corrected chi connectivity index (χ2v) is 23.5. The van der Waals surface area contributed by atoms with Crippen LogP contribution in [0.2, 0.25) is 0 Å². The SMILES string of the molecule is CCCCCCC/C=C\C/C=C\C/C=C\CCCCCCCCCCCCCCCCCCCCC(=O)OCC(COC(=O)CCCCCCCCCCCCCC)OC(=O)CCCCCCCCCCCCCCCC. The van der Waals surface area contributed by atoms with E-state index in [1.54, 1.807) is 0 Å². The van der Waals surface area contributed by atoms with Gasteiger partial charge in [-0.05, 0) is 57.8 Å². The smallest absolute Gasteiger partial charge is 0.306 e. The average Bonchev–Trinajstić information content (AvgIpc) is 3.43. The average molecular weight is 1080 g/mol. The number of unbranched alkanes of at least 4 members (excludes halogenated alkanes) is 47.